The molecule has 0 amide bonds. The molecule has 0 aromatic heterocycles. The monoisotopic (exact) mass is 206 g/mol. The van der Waals surface area contributed by atoms with Crippen molar-refractivity contribution in [1.82, 2.24) is 0 Å². The zero-order chi connectivity index (χ0) is 9.14. The van der Waals surface area contributed by atoms with Gasteiger partial charge in [-0.25, -0.2) is 0 Å². The van der Waals surface area contributed by atoms with E-state index in [1.165, 1.54) is 0 Å². The molecule has 0 radical (unpaired) electrons. The molecule has 3 nitrogen and oxygen atoms in total. The van der Waals surface area contributed by atoms with Gasteiger partial charge >= 0.3 is 58.7 Å². The third kappa shape index (κ3) is 4.60. The van der Waals surface area contributed by atoms with Gasteiger partial charge in [0.15, 0.2) is 0 Å². The molecular formula is C8H12BKO3. The summed E-state index contributed by atoms with van der Waals surface area (Å²) in [6, 6.07) is 5.48. The Morgan fingerprint density at radius 3 is 2.38 bits per heavy atom. The first-order chi connectivity index (χ1) is 5.59. The van der Waals surface area contributed by atoms with Crippen molar-refractivity contribution in [2.75, 3.05) is 0 Å². The van der Waals surface area contributed by atoms with Gasteiger partial charge in [0, 0.05) is 0 Å². The average molecular weight is 206 g/mol. The van der Waals surface area contributed by atoms with Crippen LogP contribution < -0.4 is 56.0 Å². The fourth-order valence-electron chi connectivity index (χ4n) is 1.05. The van der Waals surface area contributed by atoms with Crippen molar-refractivity contribution in [1.29, 1.82) is 0 Å². The van der Waals surface area contributed by atoms with Crippen LogP contribution in [0.4, 0.5) is 0 Å². The summed E-state index contributed by atoms with van der Waals surface area (Å²) in [5.74, 6) is 0.496. The Hall–Kier alpha value is 0.641. The summed E-state index contributed by atoms with van der Waals surface area (Å²) in [5.41, 5.74) is 2.01. The van der Waals surface area contributed by atoms with Crippen LogP contribution in [0, 0.1) is 13.8 Å². The topological polar surface area (TPSA) is 49.7 Å². The quantitative estimate of drug-likeness (QED) is 0.538. The van der Waals surface area contributed by atoms with Crippen molar-refractivity contribution in [3.05, 3.63) is 29.3 Å². The number of hydrogen-bond acceptors (Lipinski definition) is 3. The van der Waals surface area contributed by atoms with E-state index in [9.17, 15) is 0 Å². The SMILES string of the molecule is Cc1ccc(OB(O)O)c(C)c1.[H-].[K+]. The van der Waals surface area contributed by atoms with Gasteiger partial charge in [-0.2, -0.15) is 0 Å². The van der Waals surface area contributed by atoms with Crippen LogP contribution in [-0.2, 0) is 0 Å². The molecule has 0 unspecified atom stereocenters. The largest absolute Gasteiger partial charge is 1.00 e. The molecule has 13 heavy (non-hydrogen) atoms. The van der Waals surface area contributed by atoms with E-state index in [0.29, 0.717) is 5.75 Å². The molecule has 0 fully saturated rings. The van der Waals surface area contributed by atoms with Gasteiger partial charge in [0.25, 0.3) is 0 Å². The maximum Gasteiger partial charge on any atom is 1.00 e. The molecule has 66 valence electrons. The van der Waals surface area contributed by atoms with Gasteiger partial charge in [0.1, 0.15) is 5.75 Å². The molecule has 1 aromatic rings. The molecule has 1 rings (SSSR count). The summed E-state index contributed by atoms with van der Waals surface area (Å²) in [6.45, 7) is 3.82. The first kappa shape index (κ1) is 13.6. The van der Waals surface area contributed by atoms with E-state index < -0.39 is 7.32 Å². The first-order valence-electron chi connectivity index (χ1n) is 3.69. The van der Waals surface area contributed by atoms with Crippen LogP contribution in [0.25, 0.3) is 0 Å². The van der Waals surface area contributed by atoms with Crippen molar-refractivity contribution in [3.8, 4) is 5.75 Å². The number of rotatable bonds is 2. The van der Waals surface area contributed by atoms with Gasteiger partial charge in [-0.05, 0) is 25.5 Å². The van der Waals surface area contributed by atoms with E-state index in [4.69, 9.17) is 14.7 Å². The average Bonchev–Trinajstić information content (AvgIpc) is 1.94. The molecule has 1 aromatic carbocycles. The number of benzene rings is 1. The Balaban J connectivity index is 0. The zero-order valence-electron chi connectivity index (χ0n) is 9.11. The summed E-state index contributed by atoms with van der Waals surface area (Å²) in [7, 11) is -1.74. The van der Waals surface area contributed by atoms with Crippen molar-refractivity contribution in [2.24, 2.45) is 0 Å². The minimum atomic E-state index is -1.74. The summed E-state index contributed by atoms with van der Waals surface area (Å²) in [4.78, 5) is 0. The molecule has 0 saturated heterocycles. The van der Waals surface area contributed by atoms with Gasteiger partial charge in [-0.3, -0.25) is 0 Å². The van der Waals surface area contributed by atoms with Crippen LogP contribution in [0.15, 0.2) is 18.2 Å². The van der Waals surface area contributed by atoms with E-state index in [2.05, 4.69) is 0 Å². The molecular weight excluding hydrogens is 194 g/mol. The van der Waals surface area contributed by atoms with E-state index in [0.717, 1.165) is 11.1 Å². The van der Waals surface area contributed by atoms with Crippen LogP contribution in [0.1, 0.15) is 12.6 Å². The van der Waals surface area contributed by atoms with Gasteiger partial charge in [0.05, 0.1) is 0 Å². The smallest absolute Gasteiger partial charge is 1.00 e. The molecule has 0 aliphatic rings. The Morgan fingerprint density at radius 1 is 1.31 bits per heavy atom. The van der Waals surface area contributed by atoms with Crippen LogP contribution in [0.2, 0.25) is 0 Å². The second kappa shape index (κ2) is 6.19. The minimum absolute atomic E-state index is 0. The molecule has 0 heterocycles. The standard InChI is InChI=1S/C8H11BO3.K.H/c1-6-3-4-8(7(2)5-6)12-9(10)11;;/h3-5,10-11H,1-2H3;;/q;+1;-1. The summed E-state index contributed by atoms with van der Waals surface area (Å²) in [6.07, 6.45) is 0. The molecule has 2 N–H and O–H groups in total. The van der Waals surface area contributed by atoms with Crippen molar-refractivity contribution in [3.63, 3.8) is 0 Å². The molecule has 0 spiro atoms. The fourth-order valence-corrected chi connectivity index (χ4v) is 1.05. The second-order valence-electron chi connectivity index (χ2n) is 2.71. The van der Waals surface area contributed by atoms with Gasteiger partial charge in [-0.1, -0.05) is 17.7 Å². The minimum Gasteiger partial charge on any atom is -1.00 e. The Labute approximate surface area is 122 Å². The number of hydrogen-bond donors (Lipinski definition) is 2. The number of aryl methyl sites for hydroxylation is 2. The molecule has 0 atom stereocenters. The van der Waals surface area contributed by atoms with E-state index >= 15 is 0 Å². The maximum atomic E-state index is 8.53. The predicted octanol–water partition coefficient (Wildman–Crippen LogP) is -2.23. The van der Waals surface area contributed by atoms with Crippen LogP contribution in [0.3, 0.4) is 0 Å². The van der Waals surface area contributed by atoms with Crippen molar-refractivity contribution in [2.45, 2.75) is 13.8 Å². The van der Waals surface area contributed by atoms with Crippen LogP contribution >= 0.6 is 0 Å². The molecule has 0 bridgehead atoms. The van der Waals surface area contributed by atoms with E-state index in [-0.39, 0.29) is 52.8 Å². The summed E-state index contributed by atoms with van der Waals surface area (Å²) in [5, 5.41) is 17.1. The summed E-state index contributed by atoms with van der Waals surface area (Å²) < 4.78 is 4.71. The Bertz CT molecular complexity index is 283. The third-order valence-corrected chi connectivity index (χ3v) is 1.56. The predicted molar refractivity (Wildman–Crippen MR) is 47.8 cm³/mol. The first-order valence-corrected chi connectivity index (χ1v) is 3.69. The molecule has 5 heteroatoms. The van der Waals surface area contributed by atoms with Crippen LogP contribution in [0.5, 0.6) is 5.75 Å². The van der Waals surface area contributed by atoms with E-state index in [1.807, 2.05) is 26.0 Å². The van der Waals surface area contributed by atoms with Gasteiger partial charge < -0.3 is 16.1 Å². The third-order valence-electron chi connectivity index (χ3n) is 1.56. The summed E-state index contributed by atoms with van der Waals surface area (Å²) >= 11 is 0. The van der Waals surface area contributed by atoms with Crippen molar-refractivity contribution < 1.29 is 67.5 Å². The van der Waals surface area contributed by atoms with Crippen LogP contribution in [-0.4, -0.2) is 17.4 Å². The van der Waals surface area contributed by atoms with Gasteiger partial charge in [-0.15, -0.1) is 0 Å². The van der Waals surface area contributed by atoms with E-state index in [1.54, 1.807) is 6.07 Å². The Morgan fingerprint density at radius 2 is 1.92 bits per heavy atom. The maximum absolute atomic E-state index is 8.53. The van der Waals surface area contributed by atoms with Gasteiger partial charge in [0.2, 0.25) is 0 Å². The second-order valence-corrected chi connectivity index (χ2v) is 2.71. The van der Waals surface area contributed by atoms with Crippen molar-refractivity contribution >= 4 is 7.32 Å². The fraction of sp³-hybridized carbons (Fsp3) is 0.250. The zero-order valence-corrected chi connectivity index (χ0v) is 11.2. The molecule has 0 aliphatic carbocycles. The normalized spacial score (nSPS) is 8.92. The molecule has 0 saturated carbocycles. The Kier molecular flexibility index (Phi) is 6.49. The molecule has 0 aliphatic heterocycles.